The largest absolute Gasteiger partial charge is 0.384 e. The molecule has 0 aliphatic carbocycles. The van der Waals surface area contributed by atoms with Crippen molar-refractivity contribution in [3.8, 4) is 0 Å². The molecule has 0 saturated heterocycles. The summed E-state index contributed by atoms with van der Waals surface area (Å²) < 4.78 is 0. The van der Waals surface area contributed by atoms with Crippen molar-refractivity contribution in [2.24, 2.45) is 5.92 Å². The van der Waals surface area contributed by atoms with E-state index < -0.39 is 0 Å². The van der Waals surface area contributed by atoms with E-state index in [1.807, 2.05) is 19.2 Å². The summed E-state index contributed by atoms with van der Waals surface area (Å²) in [7, 11) is 1.82. The first kappa shape index (κ1) is 14.3. The summed E-state index contributed by atoms with van der Waals surface area (Å²) in [6, 6.07) is 3.79. The molecule has 1 rings (SSSR count). The van der Waals surface area contributed by atoms with Crippen molar-refractivity contribution in [2.75, 3.05) is 30.8 Å². The summed E-state index contributed by atoms with van der Waals surface area (Å²) in [6.07, 6.45) is 2.21. The number of nitrogens with one attached hydrogen (secondary N) is 3. The van der Waals surface area contributed by atoms with Gasteiger partial charge in [0.05, 0.1) is 0 Å². The van der Waals surface area contributed by atoms with Crippen molar-refractivity contribution in [1.82, 2.24) is 10.3 Å². The average Bonchev–Trinajstić information content (AvgIpc) is 2.36. The first-order valence-corrected chi connectivity index (χ1v) is 6.26. The second-order valence-electron chi connectivity index (χ2n) is 4.55. The molecule has 0 fully saturated rings. The van der Waals surface area contributed by atoms with E-state index in [9.17, 15) is 4.79 Å². The highest BCUT2D eigenvalue weighted by Gasteiger charge is 2.02. The Kier molecular flexibility index (Phi) is 5.97. The third-order valence-electron chi connectivity index (χ3n) is 2.40. The van der Waals surface area contributed by atoms with Crippen molar-refractivity contribution < 1.29 is 4.79 Å². The van der Waals surface area contributed by atoms with Gasteiger partial charge in [-0.15, -0.1) is 0 Å². The molecule has 0 saturated carbocycles. The highest BCUT2D eigenvalue weighted by Crippen LogP contribution is 2.10. The van der Waals surface area contributed by atoms with E-state index in [2.05, 4.69) is 34.8 Å². The first-order valence-electron chi connectivity index (χ1n) is 6.26. The quantitative estimate of drug-likeness (QED) is 0.689. The Labute approximate surface area is 108 Å². The number of aromatic nitrogens is 1. The number of nitrogens with zero attached hydrogens (tertiary/aromatic N) is 1. The predicted octanol–water partition coefficient (Wildman–Crippen LogP) is 1.70. The molecule has 1 aromatic rings. The molecule has 0 atom stereocenters. The lowest BCUT2D eigenvalue weighted by Crippen LogP contribution is -2.28. The Hall–Kier alpha value is -1.78. The fourth-order valence-electron chi connectivity index (χ4n) is 1.40. The normalized spacial score (nSPS) is 10.2. The van der Waals surface area contributed by atoms with Crippen LogP contribution in [-0.4, -0.2) is 31.0 Å². The monoisotopic (exact) mass is 250 g/mol. The average molecular weight is 250 g/mol. The molecule has 0 radical (unpaired) electrons. The van der Waals surface area contributed by atoms with Crippen LogP contribution in [0.3, 0.4) is 0 Å². The van der Waals surface area contributed by atoms with Gasteiger partial charge in [0.15, 0.2) is 0 Å². The number of hydrogen-bond acceptors (Lipinski definition) is 4. The minimum Gasteiger partial charge on any atom is -0.384 e. The lowest BCUT2D eigenvalue weighted by molar-refractivity contribution is -0.120. The maximum Gasteiger partial charge on any atom is 0.221 e. The molecule has 0 aromatic carbocycles. The van der Waals surface area contributed by atoms with Crippen LogP contribution in [0.5, 0.6) is 0 Å². The number of carbonyl (C=O) groups is 1. The molecule has 0 unspecified atom stereocenters. The Morgan fingerprint density at radius 3 is 2.89 bits per heavy atom. The molecular formula is C13H22N4O. The Morgan fingerprint density at radius 1 is 1.44 bits per heavy atom. The number of hydrogen-bond donors (Lipinski definition) is 3. The van der Waals surface area contributed by atoms with Crippen molar-refractivity contribution in [3.05, 3.63) is 18.3 Å². The standard InChI is InChI=1S/C13H22N4O/c1-10(2)9-17-13(18)5-7-15-11-4-6-16-12(8-11)14-3/h4,6,8,10H,5,7,9H2,1-3H3,(H,17,18)(H2,14,15,16). The highest BCUT2D eigenvalue weighted by molar-refractivity contribution is 5.76. The highest BCUT2D eigenvalue weighted by atomic mass is 16.1. The molecule has 0 aliphatic heterocycles. The van der Waals surface area contributed by atoms with E-state index >= 15 is 0 Å². The zero-order valence-corrected chi connectivity index (χ0v) is 11.3. The first-order chi connectivity index (χ1) is 8.61. The lowest BCUT2D eigenvalue weighted by atomic mass is 10.2. The topological polar surface area (TPSA) is 66.0 Å². The van der Waals surface area contributed by atoms with E-state index in [1.165, 1.54) is 0 Å². The third kappa shape index (κ3) is 5.52. The van der Waals surface area contributed by atoms with Gasteiger partial charge in [-0.1, -0.05) is 13.8 Å². The summed E-state index contributed by atoms with van der Waals surface area (Å²) in [6.45, 7) is 5.51. The van der Waals surface area contributed by atoms with Gasteiger partial charge in [0.1, 0.15) is 5.82 Å². The molecule has 1 aromatic heterocycles. The number of carbonyl (C=O) groups excluding carboxylic acids is 1. The van der Waals surface area contributed by atoms with E-state index in [4.69, 9.17) is 0 Å². The molecule has 0 bridgehead atoms. The summed E-state index contributed by atoms with van der Waals surface area (Å²) in [5, 5.41) is 9.05. The second-order valence-corrected chi connectivity index (χ2v) is 4.55. The van der Waals surface area contributed by atoms with Crippen LogP contribution in [0.25, 0.3) is 0 Å². The van der Waals surface area contributed by atoms with E-state index in [-0.39, 0.29) is 5.91 Å². The van der Waals surface area contributed by atoms with Gasteiger partial charge in [-0.3, -0.25) is 4.79 Å². The van der Waals surface area contributed by atoms with E-state index in [1.54, 1.807) is 6.20 Å². The molecule has 0 aliphatic rings. The maximum atomic E-state index is 11.5. The third-order valence-corrected chi connectivity index (χ3v) is 2.40. The van der Waals surface area contributed by atoms with Gasteiger partial charge < -0.3 is 16.0 Å². The van der Waals surface area contributed by atoms with Gasteiger partial charge in [0.2, 0.25) is 5.91 Å². The zero-order valence-electron chi connectivity index (χ0n) is 11.3. The Bertz CT molecular complexity index is 379. The summed E-state index contributed by atoms with van der Waals surface area (Å²) in [5.74, 6) is 1.38. The summed E-state index contributed by atoms with van der Waals surface area (Å²) in [5.41, 5.74) is 0.964. The lowest BCUT2D eigenvalue weighted by Gasteiger charge is -2.09. The molecular weight excluding hydrogens is 228 g/mol. The number of rotatable bonds is 7. The molecule has 1 heterocycles. The van der Waals surface area contributed by atoms with Crippen LogP contribution >= 0.6 is 0 Å². The minimum absolute atomic E-state index is 0.0825. The summed E-state index contributed by atoms with van der Waals surface area (Å²) in [4.78, 5) is 15.6. The van der Waals surface area contributed by atoms with Gasteiger partial charge in [0.25, 0.3) is 0 Å². The SMILES string of the molecule is CNc1cc(NCCC(=O)NCC(C)C)ccn1. The molecule has 5 nitrogen and oxygen atoms in total. The fourth-order valence-corrected chi connectivity index (χ4v) is 1.40. The van der Waals surface area contributed by atoms with E-state index in [0.29, 0.717) is 18.9 Å². The van der Waals surface area contributed by atoms with Crippen molar-refractivity contribution in [3.63, 3.8) is 0 Å². The van der Waals surface area contributed by atoms with Gasteiger partial charge in [-0.2, -0.15) is 0 Å². The predicted molar refractivity (Wildman–Crippen MR) is 74.7 cm³/mol. The Morgan fingerprint density at radius 2 is 2.22 bits per heavy atom. The molecule has 3 N–H and O–H groups in total. The fraction of sp³-hybridized carbons (Fsp3) is 0.538. The second kappa shape index (κ2) is 7.53. The van der Waals surface area contributed by atoms with Crippen LogP contribution < -0.4 is 16.0 Å². The van der Waals surface area contributed by atoms with Gasteiger partial charge in [-0.05, 0) is 12.0 Å². The number of anilines is 2. The summed E-state index contributed by atoms with van der Waals surface area (Å²) >= 11 is 0. The maximum absolute atomic E-state index is 11.5. The van der Waals surface area contributed by atoms with Crippen molar-refractivity contribution >= 4 is 17.4 Å². The molecule has 0 spiro atoms. The van der Waals surface area contributed by atoms with Gasteiger partial charge in [-0.25, -0.2) is 4.98 Å². The number of amides is 1. The van der Waals surface area contributed by atoms with Crippen LogP contribution in [0, 0.1) is 5.92 Å². The van der Waals surface area contributed by atoms with Gasteiger partial charge in [0, 0.05) is 44.5 Å². The Balaban J connectivity index is 2.26. The van der Waals surface area contributed by atoms with Crippen LogP contribution in [0.2, 0.25) is 0 Å². The number of pyridine rings is 1. The molecule has 18 heavy (non-hydrogen) atoms. The minimum atomic E-state index is 0.0825. The van der Waals surface area contributed by atoms with E-state index in [0.717, 1.165) is 18.1 Å². The van der Waals surface area contributed by atoms with Crippen LogP contribution in [0.4, 0.5) is 11.5 Å². The van der Waals surface area contributed by atoms with Crippen molar-refractivity contribution in [1.29, 1.82) is 0 Å². The van der Waals surface area contributed by atoms with Crippen LogP contribution in [0.15, 0.2) is 18.3 Å². The zero-order chi connectivity index (χ0) is 13.4. The molecule has 1 amide bonds. The smallest absolute Gasteiger partial charge is 0.221 e. The van der Waals surface area contributed by atoms with Crippen LogP contribution in [-0.2, 0) is 4.79 Å². The van der Waals surface area contributed by atoms with Crippen molar-refractivity contribution in [2.45, 2.75) is 20.3 Å². The van der Waals surface area contributed by atoms with Gasteiger partial charge >= 0.3 is 0 Å². The molecule has 5 heteroatoms. The molecule has 100 valence electrons. The van der Waals surface area contributed by atoms with Crippen LogP contribution in [0.1, 0.15) is 20.3 Å².